The lowest BCUT2D eigenvalue weighted by atomic mass is 9.33. The number of hydrogen-bond acceptors (Lipinski definition) is 3. The Labute approximate surface area is 448 Å². The number of anilines is 9. The fourth-order valence-corrected chi connectivity index (χ4v) is 17.9. The highest BCUT2D eigenvalue weighted by atomic mass is 28.3. The van der Waals surface area contributed by atoms with Crippen LogP contribution in [-0.2, 0) is 21.7 Å². The van der Waals surface area contributed by atoms with Crippen LogP contribution in [0.25, 0.3) is 0 Å². The zero-order chi connectivity index (χ0) is 52.4. The van der Waals surface area contributed by atoms with Gasteiger partial charge in [-0.2, -0.15) is 0 Å². The van der Waals surface area contributed by atoms with E-state index in [1.54, 1.807) is 0 Å². The Bertz CT molecular complexity index is 3380. The summed E-state index contributed by atoms with van der Waals surface area (Å²) in [5.41, 5.74) is 19.8. The van der Waals surface area contributed by atoms with Gasteiger partial charge in [0.15, 0.2) is 8.07 Å². The molecule has 5 heteroatoms. The first kappa shape index (κ1) is 48.6. The molecule has 0 saturated carbocycles. The third-order valence-electron chi connectivity index (χ3n) is 16.5. The molecule has 75 heavy (non-hydrogen) atoms. The van der Waals surface area contributed by atoms with E-state index in [9.17, 15) is 0 Å². The molecule has 0 fully saturated rings. The molecule has 0 N–H and O–H groups in total. The van der Waals surface area contributed by atoms with Crippen molar-refractivity contribution < 1.29 is 0 Å². The molecular formula is C70H70BN3Si. The van der Waals surface area contributed by atoms with E-state index in [4.69, 9.17) is 0 Å². The highest BCUT2D eigenvalue weighted by Crippen LogP contribution is 2.50. The summed E-state index contributed by atoms with van der Waals surface area (Å²) >= 11 is 0. The molecule has 372 valence electrons. The van der Waals surface area contributed by atoms with Gasteiger partial charge >= 0.3 is 0 Å². The second-order valence-electron chi connectivity index (χ2n) is 25.5. The van der Waals surface area contributed by atoms with Crippen molar-refractivity contribution in [2.45, 2.75) is 105 Å². The molecular weight excluding hydrogens is 922 g/mol. The van der Waals surface area contributed by atoms with Gasteiger partial charge in [-0.15, -0.1) is 0 Å². The molecule has 0 spiro atoms. The van der Waals surface area contributed by atoms with Gasteiger partial charge in [0, 0.05) is 45.5 Å². The van der Waals surface area contributed by atoms with Crippen molar-refractivity contribution in [2.24, 2.45) is 0 Å². The standard InChI is InChI=1S/C70H70BN3Si/c1-67(2,3)47-33-37-53(38-34-47)73-58-41-49(69(7,8)9)43-62-65(58)71-64-60(73)45-55(72(51-25-17-13-18-26-51)52-27-19-14-20-28-52)46-61(64)74(54-39-35-48(36-40-54)68(4,5)6)59-42-50(70(10,11)12)44-63(66(59)71)75(62,56-29-21-15-22-30-56)57-31-23-16-24-32-57/h13-46H,1-12H3. The minimum Gasteiger partial charge on any atom is -0.311 e. The zero-order valence-corrected chi connectivity index (χ0v) is 47.0. The van der Waals surface area contributed by atoms with Crippen LogP contribution in [0.2, 0.25) is 0 Å². The number of hydrogen-bond donors (Lipinski definition) is 0. The minimum atomic E-state index is -3.18. The summed E-state index contributed by atoms with van der Waals surface area (Å²) in [5.74, 6) is 0. The van der Waals surface area contributed by atoms with Gasteiger partial charge in [-0.3, -0.25) is 0 Å². The molecule has 3 aliphatic heterocycles. The zero-order valence-electron chi connectivity index (χ0n) is 46.0. The number of nitrogens with zero attached hydrogens (tertiary/aromatic N) is 3. The molecule has 0 radical (unpaired) electrons. The van der Waals surface area contributed by atoms with Crippen LogP contribution in [0.15, 0.2) is 206 Å². The lowest BCUT2D eigenvalue weighted by Crippen LogP contribution is -2.88. The van der Waals surface area contributed by atoms with E-state index in [1.807, 2.05) is 0 Å². The Kier molecular flexibility index (Phi) is 11.2. The normalized spacial score (nSPS) is 14.4. The van der Waals surface area contributed by atoms with Crippen molar-refractivity contribution >= 4 is 103 Å². The maximum atomic E-state index is 2.68. The maximum absolute atomic E-state index is 3.18. The summed E-state index contributed by atoms with van der Waals surface area (Å²) in [6, 6.07) is 79.9. The Morgan fingerprint density at radius 1 is 0.320 bits per heavy atom. The monoisotopic (exact) mass is 992 g/mol. The fourth-order valence-electron chi connectivity index (χ4n) is 12.5. The third-order valence-corrected chi connectivity index (χ3v) is 21.3. The molecule has 3 nitrogen and oxygen atoms in total. The quantitative estimate of drug-likeness (QED) is 0.147. The van der Waals surface area contributed by atoms with Crippen LogP contribution >= 0.6 is 0 Å². The lowest BCUT2D eigenvalue weighted by Gasteiger charge is -2.52. The third kappa shape index (κ3) is 7.83. The van der Waals surface area contributed by atoms with Crippen molar-refractivity contribution in [2.75, 3.05) is 14.7 Å². The predicted octanol–water partition coefficient (Wildman–Crippen LogP) is 14.1. The van der Waals surface area contributed by atoms with E-state index in [-0.39, 0.29) is 28.4 Å². The molecule has 0 unspecified atom stereocenters. The highest BCUT2D eigenvalue weighted by Gasteiger charge is 2.57. The first-order valence-corrected chi connectivity index (χ1v) is 29.1. The fraction of sp³-hybridized carbons (Fsp3) is 0.229. The van der Waals surface area contributed by atoms with E-state index in [0.717, 1.165) is 28.4 Å². The van der Waals surface area contributed by atoms with E-state index in [1.165, 1.54) is 82.1 Å². The molecule has 9 aromatic carbocycles. The number of benzene rings is 9. The largest absolute Gasteiger partial charge is 0.311 e. The van der Waals surface area contributed by atoms with Gasteiger partial charge in [-0.05, 0) is 154 Å². The molecule has 0 aromatic heterocycles. The second kappa shape index (κ2) is 17.4. The van der Waals surface area contributed by atoms with Gasteiger partial charge in [0.25, 0.3) is 6.71 Å². The van der Waals surface area contributed by atoms with E-state index < -0.39 is 8.07 Å². The molecule has 0 atom stereocenters. The molecule has 3 aliphatic rings. The molecule has 0 saturated heterocycles. The number of rotatable bonds is 7. The summed E-state index contributed by atoms with van der Waals surface area (Å²) in [6.45, 7) is 28.3. The van der Waals surface area contributed by atoms with Crippen LogP contribution in [0.5, 0.6) is 0 Å². The maximum Gasteiger partial charge on any atom is 0.251 e. The summed E-state index contributed by atoms with van der Waals surface area (Å²) in [7, 11) is -3.18. The average Bonchev–Trinajstić information content (AvgIpc) is 3.39. The first-order chi connectivity index (χ1) is 35.7. The van der Waals surface area contributed by atoms with Gasteiger partial charge in [0.05, 0.1) is 5.69 Å². The van der Waals surface area contributed by atoms with Crippen molar-refractivity contribution in [3.8, 4) is 0 Å². The van der Waals surface area contributed by atoms with Crippen molar-refractivity contribution in [1.29, 1.82) is 0 Å². The van der Waals surface area contributed by atoms with Gasteiger partial charge < -0.3 is 14.7 Å². The smallest absolute Gasteiger partial charge is 0.251 e. The Balaban J connectivity index is 1.32. The van der Waals surface area contributed by atoms with Gasteiger partial charge in [-0.1, -0.05) is 217 Å². The second-order valence-corrected chi connectivity index (χ2v) is 29.2. The summed E-state index contributed by atoms with van der Waals surface area (Å²) in [6.07, 6.45) is 0. The molecule has 0 aliphatic carbocycles. The Hall–Kier alpha value is -7.34. The molecule has 0 bridgehead atoms. The van der Waals surface area contributed by atoms with Crippen LogP contribution in [0.3, 0.4) is 0 Å². The summed E-state index contributed by atoms with van der Waals surface area (Å²) in [4.78, 5) is 7.80. The number of para-hydroxylation sites is 2. The molecule has 9 aromatic rings. The van der Waals surface area contributed by atoms with Crippen LogP contribution in [0, 0.1) is 0 Å². The van der Waals surface area contributed by atoms with E-state index >= 15 is 0 Å². The van der Waals surface area contributed by atoms with Gasteiger partial charge in [0.1, 0.15) is 0 Å². The topological polar surface area (TPSA) is 9.72 Å². The molecule has 3 heterocycles. The summed E-state index contributed by atoms with van der Waals surface area (Å²) in [5, 5.41) is 5.80. The first-order valence-electron chi connectivity index (χ1n) is 27.1. The average molecular weight is 992 g/mol. The summed E-state index contributed by atoms with van der Waals surface area (Å²) < 4.78 is 0. The van der Waals surface area contributed by atoms with Gasteiger partial charge in [0.2, 0.25) is 0 Å². The Morgan fingerprint density at radius 3 is 0.973 bits per heavy atom. The van der Waals surface area contributed by atoms with Crippen molar-refractivity contribution in [3.63, 3.8) is 0 Å². The Morgan fingerprint density at radius 2 is 0.640 bits per heavy atom. The minimum absolute atomic E-state index is 0.00653. The molecule has 0 amide bonds. The van der Waals surface area contributed by atoms with Crippen LogP contribution < -0.4 is 51.8 Å². The lowest BCUT2D eigenvalue weighted by molar-refractivity contribution is 0.590. The van der Waals surface area contributed by atoms with E-state index in [2.05, 4.69) is 304 Å². The van der Waals surface area contributed by atoms with Crippen LogP contribution in [-0.4, -0.2) is 14.8 Å². The van der Waals surface area contributed by atoms with Crippen molar-refractivity contribution in [1.82, 2.24) is 0 Å². The van der Waals surface area contributed by atoms with Gasteiger partial charge in [-0.25, -0.2) is 0 Å². The van der Waals surface area contributed by atoms with Crippen molar-refractivity contribution in [3.05, 3.63) is 229 Å². The van der Waals surface area contributed by atoms with E-state index in [0.29, 0.717) is 0 Å². The molecule has 12 rings (SSSR count). The van der Waals surface area contributed by atoms with Crippen LogP contribution in [0.4, 0.5) is 51.2 Å². The predicted molar refractivity (Wildman–Crippen MR) is 327 cm³/mol. The van der Waals surface area contributed by atoms with Crippen LogP contribution in [0.1, 0.15) is 105 Å². The SMILES string of the molecule is CC(C)(C)c1ccc(N2c3cc(N(c4ccccc4)c4ccccc4)cc4c3B3c5c2cc(C(C)(C)C)cc5[Si](c2ccccc2)(c2ccccc2)c2cc(C(C)(C)C)cc(c23)N4c2ccc(C(C)(C)C)cc2)cc1. The highest BCUT2D eigenvalue weighted by molar-refractivity contribution is 7.27.